The van der Waals surface area contributed by atoms with Gasteiger partial charge >= 0.3 is 0 Å². The molecule has 0 aliphatic rings. The molecule has 1 unspecified atom stereocenters. The lowest BCUT2D eigenvalue weighted by Crippen LogP contribution is -2.36. The van der Waals surface area contributed by atoms with Crippen LogP contribution in [0.4, 0.5) is 0 Å². The van der Waals surface area contributed by atoms with Gasteiger partial charge in [0.05, 0.1) is 6.04 Å². The minimum atomic E-state index is -0.0441. The number of carbonyl (C=O) groups excluding carboxylic acids is 2. The van der Waals surface area contributed by atoms with E-state index in [0.29, 0.717) is 6.54 Å². The average molecular weight is 258 g/mol. The summed E-state index contributed by atoms with van der Waals surface area (Å²) in [6.45, 7) is 10.0. The second-order valence-corrected chi connectivity index (χ2v) is 4.38. The maximum Gasteiger partial charge on any atom is 0.216 e. The third-order valence-electron chi connectivity index (χ3n) is 2.55. The second kappa shape index (κ2) is 12.6. The standard InChI is InChI=1S/C12H24N2O2.C2H6/c1-9(2)12(16)11(13-4)7-5-6-8-14-10(3)15;1-2/h9,11,13H,5-8H2,1-4H3,(H,14,15);1-2H3. The average Bonchev–Trinajstić information content (AvgIpc) is 2.35. The quantitative estimate of drug-likeness (QED) is 0.656. The van der Waals surface area contributed by atoms with Crippen molar-refractivity contribution in [1.29, 1.82) is 0 Å². The summed E-state index contributed by atoms with van der Waals surface area (Å²) < 4.78 is 0. The number of ketones is 1. The molecule has 18 heavy (non-hydrogen) atoms. The van der Waals surface area contributed by atoms with E-state index in [2.05, 4.69) is 10.6 Å². The van der Waals surface area contributed by atoms with Crippen molar-refractivity contribution in [2.45, 2.75) is 59.9 Å². The summed E-state index contributed by atoms with van der Waals surface area (Å²) >= 11 is 0. The van der Waals surface area contributed by atoms with Gasteiger partial charge in [0.2, 0.25) is 5.91 Å². The van der Waals surface area contributed by atoms with E-state index in [1.54, 1.807) is 0 Å². The molecule has 108 valence electrons. The number of Topliss-reactive ketones (excluding diaryl/α,β-unsaturated/α-hetero) is 1. The maximum absolute atomic E-state index is 11.7. The lowest BCUT2D eigenvalue weighted by molar-refractivity contribution is -0.124. The van der Waals surface area contributed by atoms with Gasteiger partial charge in [-0.1, -0.05) is 27.7 Å². The molecule has 0 rings (SSSR count). The van der Waals surface area contributed by atoms with Crippen molar-refractivity contribution in [2.75, 3.05) is 13.6 Å². The number of unbranched alkanes of at least 4 members (excludes halogenated alkanes) is 1. The van der Waals surface area contributed by atoms with Gasteiger partial charge in [-0.05, 0) is 26.3 Å². The minimum absolute atomic E-state index is 0.00317. The highest BCUT2D eigenvalue weighted by Crippen LogP contribution is 2.07. The van der Waals surface area contributed by atoms with Crippen molar-refractivity contribution >= 4 is 11.7 Å². The van der Waals surface area contributed by atoms with Crippen LogP contribution in [0.3, 0.4) is 0 Å². The van der Waals surface area contributed by atoms with Gasteiger partial charge < -0.3 is 10.6 Å². The van der Waals surface area contributed by atoms with Gasteiger partial charge in [0, 0.05) is 19.4 Å². The van der Waals surface area contributed by atoms with E-state index in [-0.39, 0.29) is 23.7 Å². The van der Waals surface area contributed by atoms with E-state index in [0.717, 1.165) is 19.3 Å². The normalized spacial score (nSPS) is 11.5. The number of rotatable bonds is 8. The van der Waals surface area contributed by atoms with Gasteiger partial charge in [-0.15, -0.1) is 0 Å². The molecule has 0 radical (unpaired) electrons. The summed E-state index contributed by atoms with van der Waals surface area (Å²) in [6, 6.07) is -0.0441. The Morgan fingerprint density at radius 1 is 1.11 bits per heavy atom. The van der Waals surface area contributed by atoms with Gasteiger partial charge in [0.1, 0.15) is 0 Å². The highest BCUT2D eigenvalue weighted by molar-refractivity contribution is 5.85. The van der Waals surface area contributed by atoms with Gasteiger partial charge in [0.25, 0.3) is 0 Å². The predicted octanol–water partition coefficient (Wildman–Crippen LogP) is 2.13. The Bertz CT molecular complexity index is 228. The lowest BCUT2D eigenvalue weighted by Gasteiger charge is -2.16. The maximum atomic E-state index is 11.7. The largest absolute Gasteiger partial charge is 0.356 e. The molecule has 0 saturated heterocycles. The molecule has 0 fully saturated rings. The Morgan fingerprint density at radius 2 is 1.67 bits per heavy atom. The van der Waals surface area contributed by atoms with Gasteiger partial charge in [0.15, 0.2) is 5.78 Å². The van der Waals surface area contributed by atoms with Crippen LogP contribution in [0.15, 0.2) is 0 Å². The van der Waals surface area contributed by atoms with Crippen molar-refractivity contribution in [3.05, 3.63) is 0 Å². The van der Waals surface area contributed by atoms with E-state index < -0.39 is 0 Å². The summed E-state index contributed by atoms with van der Waals surface area (Å²) in [6.07, 6.45) is 2.71. The second-order valence-electron chi connectivity index (χ2n) is 4.38. The van der Waals surface area contributed by atoms with Crippen LogP contribution < -0.4 is 10.6 Å². The molecule has 2 N–H and O–H groups in total. The number of likely N-dealkylation sites (N-methyl/N-ethyl adjacent to an activating group) is 1. The van der Waals surface area contributed by atoms with Crippen LogP contribution in [-0.4, -0.2) is 31.3 Å². The molecule has 1 amide bonds. The van der Waals surface area contributed by atoms with Gasteiger partial charge in [-0.3, -0.25) is 9.59 Å². The van der Waals surface area contributed by atoms with E-state index >= 15 is 0 Å². The van der Waals surface area contributed by atoms with E-state index in [4.69, 9.17) is 0 Å². The van der Waals surface area contributed by atoms with Crippen molar-refractivity contribution in [3.8, 4) is 0 Å². The van der Waals surface area contributed by atoms with E-state index in [1.165, 1.54) is 6.92 Å². The van der Waals surface area contributed by atoms with Crippen LogP contribution in [0.2, 0.25) is 0 Å². The minimum Gasteiger partial charge on any atom is -0.356 e. The van der Waals surface area contributed by atoms with Gasteiger partial charge in [-0.25, -0.2) is 0 Å². The van der Waals surface area contributed by atoms with Crippen molar-refractivity contribution in [1.82, 2.24) is 10.6 Å². The van der Waals surface area contributed by atoms with Crippen LogP contribution in [-0.2, 0) is 9.59 Å². The summed E-state index contributed by atoms with van der Waals surface area (Å²) in [4.78, 5) is 22.3. The Balaban J connectivity index is 0. The zero-order valence-electron chi connectivity index (χ0n) is 12.8. The molecule has 0 aliphatic heterocycles. The zero-order valence-corrected chi connectivity index (χ0v) is 12.8. The number of carbonyl (C=O) groups is 2. The Hall–Kier alpha value is -0.900. The summed E-state index contributed by atoms with van der Waals surface area (Å²) in [5, 5.41) is 5.79. The van der Waals surface area contributed by atoms with Crippen LogP contribution in [0, 0.1) is 5.92 Å². The molecule has 0 aromatic rings. The molecule has 0 aliphatic carbocycles. The third-order valence-corrected chi connectivity index (χ3v) is 2.55. The van der Waals surface area contributed by atoms with E-state index in [1.807, 2.05) is 34.7 Å². The Kier molecular flexibility index (Phi) is 13.6. The molecule has 0 heterocycles. The van der Waals surface area contributed by atoms with Crippen molar-refractivity contribution in [3.63, 3.8) is 0 Å². The SMILES string of the molecule is CC.CNC(CCCCNC(C)=O)C(=O)C(C)C. The number of hydrogen-bond donors (Lipinski definition) is 2. The molecular formula is C14H30N2O2. The lowest BCUT2D eigenvalue weighted by atomic mass is 9.97. The number of nitrogens with one attached hydrogen (secondary N) is 2. The fourth-order valence-electron chi connectivity index (χ4n) is 1.57. The first-order chi connectivity index (χ1) is 8.49. The van der Waals surface area contributed by atoms with E-state index in [9.17, 15) is 9.59 Å². The Labute approximate surface area is 112 Å². The molecule has 0 aromatic heterocycles. The van der Waals surface area contributed by atoms with Crippen molar-refractivity contribution < 1.29 is 9.59 Å². The van der Waals surface area contributed by atoms with Gasteiger partial charge in [-0.2, -0.15) is 0 Å². The molecule has 0 bridgehead atoms. The fraction of sp³-hybridized carbons (Fsp3) is 0.857. The van der Waals surface area contributed by atoms with Crippen LogP contribution >= 0.6 is 0 Å². The predicted molar refractivity (Wildman–Crippen MR) is 76.6 cm³/mol. The number of amides is 1. The molecular weight excluding hydrogens is 228 g/mol. The highest BCUT2D eigenvalue weighted by atomic mass is 16.1. The molecule has 0 aromatic carbocycles. The molecule has 1 atom stereocenters. The third kappa shape index (κ3) is 10.3. The highest BCUT2D eigenvalue weighted by Gasteiger charge is 2.18. The monoisotopic (exact) mass is 258 g/mol. The molecule has 0 spiro atoms. The topological polar surface area (TPSA) is 58.2 Å². The summed E-state index contributed by atoms with van der Waals surface area (Å²) in [7, 11) is 1.82. The number of hydrogen-bond acceptors (Lipinski definition) is 3. The zero-order chi connectivity index (χ0) is 14.6. The Morgan fingerprint density at radius 3 is 2.06 bits per heavy atom. The van der Waals surface area contributed by atoms with Crippen LogP contribution in [0.5, 0.6) is 0 Å². The smallest absolute Gasteiger partial charge is 0.216 e. The first-order valence-corrected chi connectivity index (χ1v) is 6.94. The molecule has 0 saturated carbocycles. The van der Waals surface area contributed by atoms with Crippen LogP contribution in [0.25, 0.3) is 0 Å². The molecule has 4 heteroatoms. The molecule has 4 nitrogen and oxygen atoms in total. The van der Waals surface area contributed by atoms with Crippen LogP contribution in [0.1, 0.15) is 53.9 Å². The first-order valence-electron chi connectivity index (χ1n) is 6.94. The first kappa shape index (κ1) is 19.4. The fourth-order valence-corrected chi connectivity index (χ4v) is 1.57. The summed E-state index contributed by atoms with van der Waals surface area (Å²) in [5.41, 5.74) is 0. The van der Waals surface area contributed by atoms with Crippen molar-refractivity contribution in [2.24, 2.45) is 5.92 Å². The summed E-state index contributed by atoms with van der Waals surface area (Å²) in [5.74, 6) is 0.346.